The average Bonchev–Trinajstić information content (AvgIpc) is 2.56. The lowest BCUT2D eigenvalue weighted by Gasteiger charge is -2.10. The predicted octanol–water partition coefficient (Wildman–Crippen LogP) is -0.438. The van der Waals surface area contributed by atoms with E-state index in [-0.39, 0.29) is 30.2 Å². The minimum Gasteiger partial charge on any atom is -0.481 e. The molecule has 8 nitrogen and oxygen atoms in total. The van der Waals surface area contributed by atoms with Crippen molar-refractivity contribution in [2.75, 3.05) is 11.5 Å². The van der Waals surface area contributed by atoms with Crippen LogP contribution in [0.3, 0.4) is 0 Å². The number of amides is 1. The van der Waals surface area contributed by atoms with Crippen molar-refractivity contribution in [3.63, 3.8) is 0 Å². The molecule has 0 aliphatic carbocycles. The van der Waals surface area contributed by atoms with Crippen molar-refractivity contribution in [1.82, 2.24) is 20.1 Å². The number of nitrogen functional groups attached to an aromatic ring is 1. The van der Waals surface area contributed by atoms with Crippen molar-refractivity contribution < 1.29 is 14.7 Å². The number of anilines is 1. The van der Waals surface area contributed by atoms with Crippen LogP contribution >= 0.6 is 11.8 Å². The van der Waals surface area contributed by atoms with Crippen LogP contribution in [0.15, 0.2) is 5.16 Å². The third kappa shape index (κ3) is 4.24. The molecule has 0 radical (unpaired) electrons. The molecule has 0 spiro atoms. The number of rotatable bonds is 6. The lowest BCUT2D eigenvalue weighted by molar-refractivity contribution is -0.133. The molecule has 9 heteroatoms. The second-order valence-corrected chi connectivity index (χ2v) is 4.77. The maximum Gasteiger partial charge on any atom is 0.313 e. The van der Waals surface area contributed by atoms with Crippen LogP contribution in [0, 0.1) is 0 Å². The maximum atomic E-state index is 11.6. The number of nitrogens with one attached hydrogen (secondary N) is 1. The van der Waals surface area contributed by atoms with Gasteiger partial charge in [0, 0.05) is 6.04 Å². The highest BCUT2D eigenvalue weighted by atomic mass is 32.2. The summed E-state index contributed by atoms with van der Waals surface area (Å²) in [6.45, 7) is 3.65. The van der Waals surface area contributed by atoms with Gasteiger partial charge in [0.25, 0.3) is 0 Å². The van der Waals surface area contributed by atoms with E-state index in [1.54, 1.807) is 0 Å². The number of carbonyl (C=O) groups excluding carboxylic acids is 1. The summed E-state index contributed by atoms with van der Waals surface area (Å²) < 4.78 is 1.38. The number of aliphatic carboxylic acids is 1. The zero-order valence-corrected chi connectivity index (χ0v) is 10.9. The summed E-state index contributed by atoms with van der Waals surface area (Å²) in [4.78, 5) is 22.1. The van der Waals surface area contributed by atoms with Crippen molar-refractivity contribution in [3.8, 4) is 0 Å². The summed E-state index contributed by atoms with van der Waals surface area (Å²) >= 11 is 0.967. The fourth-order valence-electron chi connectivity index (χ4n) is 1.19. The van der Waals surface area contributed by atoms with Gasteiger partial charge in [-0.25, -0.2) is 0 Å². The molecule has 0 unspecified atom stereocenters. The second kappa shape index (κ2) is 6.24. The topological polar surface area (TPSA) is 123 Å². The lowest BCUT2D eigenvalue weighted by atomic mass is 10.4. The first-order valence-corrected chi connectivity index (χ1v) is 6.21. The number of nitrogens with two attached hydrogens (primary N) is 1. The van der Waals surface area contributed by atoms with Crippen LogP contribution in [0.2, 0.25) is 0 Å². The molecule has 100 valence electrons. The summed E-state index contributed by atoms with van der Waals surface area (Å²) in [5, 5.41) is 19.0. The summed E-state index contributed by atoms with van der Waals surface area (Å²) in [6.07, 6.45) is 0. The Balaban J connectivity index is 2.71. The van der Waals surface area contributed by atoms with Gasteiger partial charge in [-0.3, -0.25) is 14.2 Å². The van der Waals surface area contributed by atoms with E-state index in [9.17, 15) is 9.59 Å². The smallest absolute Gasteiger partial charge is 0.313 e. The number of carboxylic acid groups (broad SMARTS) is 1. The molecule has 1 aromatic rings. The molecular weight excluding hydrogens is 258 g/mol. The van der Waals surface area contributed by atoms with E-state index < -0.39 is 5.97 Å². The van der Waals surface area contributed by atoms with Crippen LogP contribution in [-0.2, 0) is 16.1 Å². The Morgan fingerprint density at radius 1 is 1.50 bits per heavy atom. The quantitative estimate of drug-likeness (QED) is 0.600. The van der Waals surface area contributed by atoms with Gasteiger partial charge in [0.2, 0.25) is 11.9 Å². The van der Waals surface area contributed by atoms with Crippen LogP contribution in [0.1, 0.15) is 13.8 Å². The minimum atomic E-state index is -0.972. The number of carbonyl (C=O) groups is 2. The number of hydrogen-bond acceptors (Lipinski definition) is 6. The van der Waals surface area contributed by atoms with Crippen LogP contribution in [0.5, 0.6) is 0 Å². The zero-order valence-electron chi connectivity index (χ0n) is 10.1. The molecule has 1 heterocycles. The van der Waals surface area contributed by atoms with Gasteiger partial charge in [-0.1, -0.05) is 11.8 Å². The van der Waals surface area contributed by atoms with E-state index in [0.29, 0.717) is 5.16 Å². The van der Waals surface area contributed by atoms with Crippen LogP contribution < -0.4 is 11.1 Å². The Bertz CT molecular complexity index is 445. The lowest BCUT2D eigenvalue weighted by Crippen LogP contribution is -2.33. The zero-order chi connectivity index (χ0) is 13.7. The standard InChI is InChI=1S/C9H15N5O3S/c1-5(2)11-6(15)3-14-8(10)12-13-9(14)18-4-7(16)17/h5H,3-4H2,1-2H3,(H2,10,12)(H,11,15)(H,16,17). The van der Waals surface area contributed by atoms with Crippen molar-refractivity contribution in [2.24, 2.45) is 0 Å². The van der Waals surface area contributed by atoms with Gasteiger partial charge in [-0.2, -0.15) is 0 Å². The molecule has 0 aromatic carbocycles. The predicted molar refractivity (Wildman–Crippen MR) is 66.1 cm³/mol. The minimum absolute atomic E-state index is 0.0188. The van der Waals surface area contributed by atoms with Crippen LogP contribution in [0.25, 0.3) is 0 Å². The fourth-order valence-corrected chi connectivity index (χ4v) is 1.86. The first-order valence-electron chi connectivity index (χ1n) is 5.22. The van der Waals surface area contributed by atoms with Crippen LogP contribution in [-0.4, -0.2) is 43.5 Å². The van der Waals surface area contributed by atoms with Gasteiger partial charge in [0.05, 0.1) is 5.75 Å². The number of hydrogen-bond donors (Lipinski definition) is 3. The molecule has 1 amide bonds. The molecule has 18 heavy (non-hydrogen) atoms. The van der Waals surface area contributed by atoms with E-state index >= 15 is 0 Å². The van der Waals surface area contributed by atoms with Crippen molar-refractivity contribution >= 4 is 29.6 Å². The highest BCUT2D eigenvalue weighted by Gasteiger charge is 2.15. The number of thioether (sulfide) groups is 1. The normalized spacial score (nSPS) is 10.6. The monoisotopic (exact) mass is 273 g/mol. The second-order valence-electron chi connectivity index (χ2n) is 3.83. The maximum absolute atomic E-state index is 11.6. The Morgan fingerprint density at radius 3 is 2.72 bits per heavy atom. The largest absolute Gasteiger partial charge is 0.481 e. The number of aromatic nitrogens is 3. The van der Waals surface area contributed by atoms with Gasteiger partial charge >= 0.3 is 5.97 Å². The highest BCUT2D eigenvalue weighted by molar-refractivity contribution is 7.99. The molecule has 0 fully saturated rings. The Hall–Kier alpha value is -1.77. The van der Waals surface area contributed by atoms with Gasteiger partial charge in [0.15, 0.2) is 5.16 Å². The van der Waals surface area contributed by atoms with E-state index in [0.717, 1.165) is 11.8 Å². The van der Waals surface area contributed by atoms with Gasteiger partial charge in [-0.05, 0) is 13.8 Å². The molecule has 0 atom stereocenters. The van der Waals surface area contributed by atoms with Gasteiger partial charge in [0.1, 0.15) is 6.54 Å². The molecule has 0 saturated heterocycles. The highest BCUT2D eigenvalue weighted by Crippen LogP contribution is 2.17. The van der Waals surface area contributed by atoms with E-state index in [1.807, 2.05) is 13.8 Å². The third-order valence-electron chi connectivity index (χ3n) is 1.82. The van der Waals surface area contributed by atoms with Gasteiger partial charge in [-0.15, -0.1) is 10.2 Å². The van der Waals surface area contributed by atoms with E-state index in [2.05, 4.69) is 15.5 Å². The number of nitrogens with zero attached hydrogens (tertiary/aromatic N) is 3. The Morgan fingerprint density at radius 2 is 2.17 bits per heavy atom. The molecule has 4 N–H and O–H groups in total. The molecule has 0 aliphatic heterocycles. The number of carboxylic acids is 1. The summed E-state index contributed by atoms with van der Waals surface area (Å²) in [7, 11) is 0. The molecule has 0 bridgehead atoms. The van der Waals surface area contributed by atoms with Crippen molar-refractivity contribution in [3.05, 3.63) is 0 Å². The van der Waals surface area contributed by atoms with E-state index in [1.165, 1.54) is 4.57 Å². The Kier molecular flexibility index (Phi) is 4.95. The summed E-state index contributed by atoms with van der Waals surface area (Å²) in [5.41, 5.74) is 5.58. The molecule has 0 saturated carbocycles. The van der Waals surface area contributed by atoms with Crippen LogP contribution in [0.4, 0.5) is 5.95 Å². The van der Waals surface area contributed by atoms with Crippen molar-refractivity contribution in [2.45, 2.75) is 31.6 Å². The first-order chi connectivity index (χ1) is 8.40. The van der Waals surface area contributed by atoms with E-state index in [4.69, 9.17) is 10.8 Å². The van der Waals surface area contributed by atoms with Crippen molar-refractivity contribution in [1.29, 1.82) is 0 Å². The fraction of sp³-hybridized carbons (Fsp3) is 0.556. The Labute approximate surface area is 108 Å². The first kappa shape index (κ1) is 14.3. The SMILES string of the molecule is CC(C)NC(=O)Cn1c(N)nnc1SCC(=O)O. The average molecular weight is 273 g/mol. The molecule has 1 rings (SSSR count). The molecule has 0 aliphatic rings. The summed E-state index contributed by atoms with van der Waals surface area (Å²) in [5.74, 6) is -1.28. The molecule has 1 aromatic heterocycles. The third-order valence-corrected chi connectivity index (χ3v) is 2.77. The molecular formula is C9H15N5O3S. The summed E-state index contributed by atoms with van der Waals surface area (Å²) in [6, 6.07) is 0.0188. The van der Waals surface area contributed by atoms with Gasteiger partial charge < -0.3 is 16.2 Å².